The third kappa shape index (κ3) is 4.90. The van der Waals surface area contributed by atoms with Crippen molar-refractivity contribution in [1.82, 2.24) is 0 Å². The average Bonchev–Trinajstić information content (AvgIpc) is 2.75. The number of methoxy groups -OCH3 is 1. The second kappa shape index (κ2) is 9.54. The van der Waals surface area contributed by atoms with E-state index < -0.39 is 33.7 Å². The average molecular weight is 459 g/mol. The number of nitrogens with zero attached hydrogens (tertiary/aromatic N) is 2. The number of anilines is 2. The van der Waals surface area contributed by atoms with Crippen LogP contribution in [-0.2, 0) is 16.0 Å². The van der Waals surface area contributed by atoms with Crippen LogP contribution in [0.25, 0.3) is 0 Å². The van der Waals surface area contributed by atoms with E-state index in [0.29, 0.717) is 0 Å². The van der Waals surface area contributed by atoms with Gasteiger partial charge in [-0.15, -0.1) is 0 Å². The van der Waals surface area contributed by atoms with Gasteiger partial charge in [-0.05, 0) is 43.3 Å². The van der Waals surface area contributed by atoms with E-state index in [-0.39, 0.29) is 28.4 Å². The van der Waals surface area contributed by atoms with Gasteiger partial charge in [0.15, 0.2) is 0 Å². The fourth-order valence-electron chi connectivity index (χ4n) is 2.86. The molecular formula is C21H16FN2O7S-. The SMILES string of the molecule is COC(=O)c1cc(Oc2cc(F)ccc2[N+](=O)[O-])ccc1N(c1ccc(C)cc1)S(=O)[O-]. The van der Waals surface area contributed by atoms with Crippen LogP contribution in [0.5, 0.6) is 11.5 Å². The van der Waals surface area contributed by atoms with E-state index in [1.807, 2.05) is 6.92 Å². The molecule has 0 heterocycles. The summed E-state index contributed by atoms with van der Waals surface area (Å²) in [6, 6.07) is 12.9. The molecule has 0 radical (unpaired) electrons. The normalized spacial score (nSPS) is 11.5. The van der Waals surface area contributed by atoms with Crippen LogP contribution in [0.4, 0.5) is 21.5 Å². The highest BCUT2D eigenvalue weighted by atomic mass is 32.2. The van der Waals surface area contributed by atoms with Crippen LogP contribution >= 0.6 is 0 Å². The van der Waals surface area contributed by atoms with Gasteiger partial charge in [-0.1, -0.05) is 17.7 Å². The lowest BCUT2D eigenvalue weighted by atomic mass is 10.1. The molecule has 0 aromatic heterocycles. The number of carbonyl (C=O) groups excluding carboxylic acids is 1. The number of hydrogen-bond acceptors (Lipinski definition) is 7. The number of esters is 1. The summed E-state index contributed by atoms with van der Waals surface area (Å²) in [5.41, 5.74) is 0.462. The summed E-state index contributed by atoms with van der Waals surface area (Å²) in [7, 11) is 1.11. The van der Waals surface area contributed by atoms with Crippen molar-refractivity contribution < 1.29 is 32.3 Å². The van der Waals surface area contributed by atoms with E-state index in [4.69, 9.17) is 9.47 Å². The van der Waals surface area contributed by atoms with E-state index in [0.717, 1.165) is 41.2 Å². The number of carbonyl (C=O) groups is 1. The lowest BCUT2D eigenvalue weighted by Crippen LogP contribution is -2.22. The zero-order valence-electron chi connectivity index (χ0n) is 16.8. The molecule has 3 aromatic rings. The standard InChI is InChI=1S/C21H17FN2O7S/c1-13-3-6-15(7-4-13)23(32(28)29)18-10-8-16(12-17(18)21(25)30-2)31-20-11-14(22)5-9-19(20)24(26)27/h3-12H,1-2H3,(H,28,29)/p-1. The van der Waals surface area contributed by atoms with Crippen molar-refractivity contribution in [1.29, 1.82) is 0 Å². The van der Waals surface area contributed by atoms with Crippen LogP contribution in [0, 0.1) is 22.9 Å². The van der Waals surface area contributed by atoms with Crippen molar-refractivity contribution in [3.05, 3.63) is 87.7 Å². The van der Waals surface area contributed by atoms with Crippen molar-refractivity contribution >= 4 is 34.3 Å². The predicted octanol–water partition coefficient (Wildman–Crippen LogP) is 4.55. The Morgan fingerprint density at radius 3 is 2.38 bits per heavy atom. The summed E-state index contributed by atoms with van der Waals surface area (Å²) < 4.78 is 48.7. The Hall–Kier alpha value is -3.83. The van der Waals surface area contributed by atoms with Gasteiger partial charge in [0.1, 0.15) is 11.6 Å². The molecule has 0 N–H and O–H groups in total. The van der Waals surface area contributed by atoms with Gasteiger partial charge in [0, 0.05) is 12.1 Å². The van der Waals surface area contributed by atoms with Crippen LogP contribution in [0.2, 0.25) is 0 Å². The van der Waals surface area contributed by atoms with Gasteiger partial charge in [0.25, 0.3) is 0 Å². The van der Waals surface area contributed by atoms with Crippen LogP contribution < -0.4 is 9.04 Å². The van der Waals surface area contributed by atoms with Crippen molar-refractivity contribution in [2.24, 2.45) is 0 Å². The molecule has 1 atom stereocenters. The fraction of sp³-hybridized carbons (Fsp3) is 0.0952. The maximum absolute atomic E-state index is 13.6. The number of hydrogen-bond donors (Lipinski definition) is 0. The third-order valence-electron chi connectivity index (χ3n) is 4.36. The summed E-state index contributed by atoms with van der Waals surface area (Å²) in [5, 5.41) is 11.2. The van der Waals surface area contributed by atoms with E-state index in [2.05, 4.69) is 0 Å². The molecule has 0 fully saturated rings. The van der Waals surface area contributed by atoms with Gasteiger partial charge < -0.3 is 14.0 Å². The smallest absolute Gasteiger partial charge is 0.340 e. The minimum atomic E-state index is -2.80. The summed E-state index contributed by atoms with van der Waals surface area (Å²) in [4.78, 5) is 22.9. The van der Waals surface area contributed by atoms with Crippen LogP contribution in [0.15, 0.2) is 60.7 Å². The van der Waals surface area contributed by atoms with Gasteiger partial charge in [-0.3, -0.25) is 18.6 Å². The highest BCUT2D eigenvalue weighted by Crippen LogP contribution is 2.36. The predicted molar refractivity (Wildman–Crippen MR) is 113 cm³/mol. The van der Waals surface area contributed by atoms with Crippen LogP contribution in [0.1, 0.15) is 15.9 Å². The lowest BCUT2D eigenvalue weighted by molar-refractivity contribution is -0.385. The molecule has 0 aliphatic heterocycles. The molecule has 166 valence electrons. The molecule has 0 spiro atoms. The molecule has 0 saturated carbocycles. The minimum Gasteiger partial charge on any atom is -0.755 e. The quantitative estimate of drug-likeness (QED) is 0.220. The summed E-state index contributed by atoms with van der Waals surface area (Å²) in [5.74, 6) is -2.09. The summed E-state index contributed by atoms with van der Waals surface area (Å²) >= 11 is -2.80. The lowest BCUT2D eigenvalue weighted by Gasteiger charge is -2.28. The maximum Gasteiger partial charge on any atom is 0.340 e. The number of nitro benzene ring substituents is 1. The van der Waals surface area contributed by atoms with Crippen molar-refractivity contribution in [3.8, 4) is 11.5 Å². The molecule has 0 aliphatic rings. The van der Waals surface area contributed by atoms with E-state index in [1.54, 1.807) is 24.3 Å². The molecule has 3 aromatic carbocycles. The molecule has 9 nitrogen and oxygen atoms in total. The number of halogens is 1. The van der Waals surface area contributed by atoms with Crippen molar-refractivity contribution in [2.45, 2.75) is 6.92 Å². The number of rotatable bonds is 7. The molecule has 11 heteroatoms. The van der Waals surface area contributed by atoms with E-state index >= 15 is 0 Å². The second-order valence-electron chi connectivity index (χ2n) is 6.49. The number of benzene rings is 3. The van der Waals surface area contributed by atoms with Gasteiger partial charge in [0.05, 0.1) is 40.2 Å². The Balaban J connectivity index is 2.10. The highest BCUT2D eigenvalue weighted by molar-refractivity contribution is 7.81. The molecule has 0 amide bonds. The monoisotopic (exact) mass is 459 g/mol. The first-order valence-corrected chi connectivity index (χ1v) is 10.0. The first-order valence-electron chi connectivity index (χ1n) is 9.01. The first kappa shape index (κ1) is 22.8. The van der Waals surface area contributed by atoms with Gasteiger partial charge >= 0.3 is 11.7 Å². The Morgan fingerprint density at radius 2 is 1.78 bits per heavy atom. The molecule has 0 saturated heterocycles. The molecular weight excluding hydrogens is 443 g/mol. The number of ether oxygens (including phenoxy) is 2. The highest BCUT2D eigenvalue weighted by Gasteiger charge is 2.22. The Bertz CT molecular complexity index is 1200. The van der Waals surface area contributed by atoms with Crippen molar-refractivity contribution in [2.75, 3.05) is 11.4 Å². The van der Waals surface area contributed by atoms with Gasteiger partial charge in [-0.2, -0.15) is 0 Å². The molecule has 32 heavy (non-hydrogen) atoms. The Labute approximate surface area is 184 Å². The fourth-order valence-corrected chi connectivity index (χ4v) is 3.48. The zero-order chi connectivity index (χ0) is 23.4. The van der Waals surface area contributed by atoms with Crippen LogP contribution in [0.3, 0.4) is 0 Å². The zero-order valence-corrected chi connectivity index (χ0v) is 17.6. The number of nitro groups is 1. The first-order chi connectivity index (χ1) is 15.2. The molecule has 0 bridgehead atoms. The topological polar surface area (TPSA) is 122 Å². The minimum absolute atomic E-state index is 0.0323. The molecule has 0 aliphatic carbocycles. The van der Waals surface area contributed by atoms with Gasteiger partial charge in [0.2, 0.25) is 5.75 Å². The van der Waals surface area contributed by atoms with E-state index in [1.165, 1.54) is 12.1 Å². The number of aryl methyl sites for hydroxylation is 1. The van der Waals surface area contributed by atoms with Crippen LogP contribution in [-0.4, -0.2) is 26.8 Å². The molecule has 3 rings (SSSR count). The summed E-state index contributed by atoms with van der Waals surface area (Å²) in [6.07, 6.45) is 0. The largest absolute Gasteiger partial charge is 0.755 e. The Morgan fingerprint density at radius 1 is 1.09 bits per heavy atom. The summed E-state index contributed by atoms with van der Waals surface area (Å²) in [6.45, 7) is 1.83. The Kier molecular flexibility index (Phi) is 6.81. The van der Waals surface area contributed by atoms with E-state index in [9.17, 15) is 28.1 Å². The second-order valence-corrected chi connectivity index (χ2v) is 7.29. The maximum atomic E-state index is 13.6. The van der Waals surface area contributed by atoms with Crippen molar-refractivity contribution in [3.63, 3.8) is 0 Å². The third-order valence-corrected chi connectivity index (χ3v) is 5.06. The van der Waals surface area contributed by atoms with Gasteiger partial charge in [-0.25, -0.2) is 9.18 Å². The molecule has 1 unspecified atom stereocenters.